The minimum absolute atomic E-state index is 0.0420. The summed E-state index contributed by atoms with van der Waals surface area (Å²) in [4.78, 5) is 34.6. The van der Waals surface area contributed by atoms with Crippen molar-refractivity contribution in [2.24, 2.45) is 0 Å². The van der Waals surface area contributed by atoms with Crippen LogP contribution in [0, 0.1) is 0 Å². The molecule has 2 heterocycles. The number of oxazole rings is 1. The first-order valence-electron chi connectivity index (χ1n) is 14.0. The van der Waals surface area contributed by atoms with Gasteiger partial charge in [0.15, 0.2) is 5.76 Å². The van der Waals surface area contributed by atoms with Crippen LogP contribution in [0.1, 0.15) is 10.4 Å². The highest BCUT2D eigenvalue weighted by Gasteiger charge is 2.24. The summed E-state index contributed by atoms with van der Waals surface area (Å²) in [5.74, 6) is 0.750. The fourth-order valence-electron chi connectivity index (χ4n) is 4.99. The SMILES string of the molecule is O=C(CSc1nc(-c2ccccc2)c(-c2ccccc2)o1)Nc1ccc(N2CCN(C(=O)c3ccccc3Br)CC2)cc1. The maximum Gasteiger partial charge on any atom is 0.257 e. The molecule has 7 nitrogen and oxygen atoms in total. The molecule has 1 saturated heterocycles. The number of halogens is 1. The van der Waals surface area contributed by atoms with E-state index in [0.717, 1.165) is 45.8 Å². The van der Waals surface area contributed by atoms with Crippen LogP contribution >= 0.6 is 27.7 Å². The van der Waals surface area contributed by atoms with E-state index >= 15 is 0 Å². The first kappa shape index (κ1) is 28.8. The molecule has 0 bridgehead atoms. The number of aromatic nitrogens is 1. The molecule has 1 N–H and O–H groups in total. The van der Waals surface area contributed by atoms with Crippen molar-refractivity contribution in [2.75, 3.05) is 42.1 Å². The first-order chi connectivity index (χ1) is 21.0. The summed E-state index contributed by atoms with van der Waals surface area (Å²) in [6, 6.07) is 35.1. The number of rotatable bonds is 8. The van der Waals surface area contributed by atoms with Crippen molar-refractivity contribution < 1.29 is 14.0 Å². The van der Waals surface area contributed by atoms with E-state index < -0.39 is 0 Å². The van der Waals surface area contributed by atoms with Gasteiger partial charge in [-0.15, -0.1) is 0 Å². The van der Waals surface area contributed by atoms with Crippen molar-refractivity contribution >= 4 is 50.9 Å². The van der Waals surface area contributed by atoms with Crippen LogP contribution < -0.4 is 10.2 Å². The number of carbonyl (C=O) groups is 2. The number of benzene rings is 4. The number of piperazine rings is 1. The molecule has 9 heteroatoms. The molecule has 1 aromatic heterocycles. The van der Waals surface area contributed by atoms with E-state index in [1.54, 1.807) is 0 Å². The van der Waals surface area contributed by atoms with Crippen LogP contribution in [0.15, 0.2) is 123 Å². The Labute approximate surface area is 263 Å². The van der Waals surface area contributed by atoms with Gasteiger partial charge in [0.1, 0.15) is 5.69 Å². The molecule has 43 heavy (non-hydrogen) atoms. The number of carbonyl (C=O) groups excluding carboxylic acids is 2. The van der Waals surface area contributed by atoms with Crippen molar-refractivity contribution in [2.45, 2.75) is 5.22 Å². The zero-order valence-electron chi connectivity index (χ0n) is 23.3. The van der Waals surface area contributed by atoms with Crippen molar-refractivity contribution in [3.63, 3.8) is 0 Å². The van der Waals surface area contributed by atoms with Crippen molar-refractivity contribution in [1.82, 2.24) is 9.88 Å². The highest BCUT2D eigenvalue weighted by Crippen LogP contribution is 2.35. The molecule has 216 valence electrons. The van der Waals surface area contributed by atoms with Gasteiger partial charge in [0.2, 0.25) is 5.91 Å². The number of hydrogen-bond acceptors (Lipinski definition) is 6. The molecule has 1 aliphatic rings. The van der Waals surface area contributed by atoms with E-state index in [0.29, 0.717) is 29.6 Å². The number of nitrogens with zero attached hydrogens (tertiary/aromatic N) is 3. The van der Waals surface area contributed by atoms with E-state index in [2.05, 4.69) is 26.1 Å². The van der Waals surface area contributed by atoms with Crippen molar-refractivity contribution in [1.29, 1.82) is 0 Å². The predicted molar refractivity (Wildman–Crippen MR) is 175 cm³/mol. The monoisotopic (exact) mass is 652 g/mol. The molecule has 4 aromatic carbocycles. The molecule has 2 amide bonds. The van der Waals surface area contributed by atoms with E-state index in [9.17, 15) is 9.59 Å². The summed E-state index contributed by atoms with van der Waals surface area (Å²) in [5.41, 5.74) is 5.11. The van der Waals surface area contributed by atoms with Gasteiger partial charge in [-0.25, -0.2) is 4.98 Å². The molecule has 0 spiro atoms. The van der Waals surface area contributed by atoms with Crippen LogP contribution in [0.25, 0.3) is 22.6 Å². The number of nitrogens with one attached hydrogen (secondary N) is 1. The Morgan fingerprint density at radius 3 is 2.09 bits per heavy atom. The van der Waals surface area contributed by atoms with Crippen molar-refractivity contribution in [3.8, 4) is 22.6 Å². The third-order valence-corrected chi connectivity index (χ3v) is 8.72. The Kier molecular flexibility index (Phi) is 8.91. The molecule has 0 aliphatic carbocycles. The Hall–Kier alpha value is -4.34. The van der Waals surface area contributed by atoms with Gasteiger partial charge in [-0.1, -0.05) is 84.6 Å². The number of amides is 2. The topological polar surface area (TPSA) is 78.7 Å². The molecule has 6 rings (SSSR count). The zero-order valence-corrected chi connectivity index (χ0v) is 25.7. The van der Waals surface area contributed by atoms with E-state index in [4.69, 9.17) is 9.40 Å². The van der Waals surface area contributed by atoms with Gasteiger partial charge >= 0.3 is 0 Å². The Balaban J connectivity index is 1.04. The summed E-state index contributed by atoms with van der Waals surface area (Å²) in [6.45, 7) is 2.78. The van der Waals surface area contributed by atoms with Crippen LogP contribution in [0.4, 0.5) is 11.4 Å². The maximum atomic E-state index is 12.9. The molecule has 0 saturated carbocycles. The first-order valence-corrected chi connectivity index (χ1v) is 15.8. The summed E-state index contributed by atoms with van der Waals surface area (Å²) in [5, 5.41) is 3.41. The van der Waals surface area contributed by atoms with Gasteiger partial charge in [-0.3, -0.25) is 9.59 Å². The minimum atomic E-state index is -0.141. The highest BCUT2D eigenvalue weighted by molar-refractivity contribution is 9.10. The van der Waals surface area contributed by atoms with Gasteiger partial charge in [-0.05, 0) is 52.3 Å². The summed E-state index contributed by atoms with van der Waals surface area (Å²) >= 11 is 4.75. The van der Waals surface area contributed by atoms with Crippen LogP contribution in [0.3, 0.4) is 0 Å². The van der Waals surface area contributed by atoms with Crippen molar-refractivity contribution in [3.05, 3.63) is 119 Å². The maximum absolute atomic E-state index is 12.9. The molecule has 0 unspecified atom stereocenters. The Morgan fingerprint density at radius 1 is 0.791 bits per heavy atom. The highest BCUT2D eigenvalue weighted by atomic mass is 79.9. The summed E-state index contributed by atoms with van der Waals surface area (Å²) < 4.78 is 6.94. The zero-order chi connectivity index (χ0) is 29.6. The average Bonchev–Trinajstić information content (AvgIpc) is 3.50. The molecular weight excluding hydrogens is 624 g/mol. The van der Waals surface area contributed by atoms with Gasteiger partial charge in [0, 0.05) is 53.2 Å². The van der Waals surface area contributed by atoms with E-state index in [1.807, 2.05) is 114 Å². The molecule has 0 atom stereocenters. The van der Waals surface area contributed by atoms with Crippen LogP contribution in [0.2, 0.25) is 0 Å². The third kappa shape index (κ3) is 6.84. The molecule has 5 aromatic rings. The lowest BCUT2D eigenvalue weighted by atomic mass is 10.1. The fraction of sp³-hybridized carbons (Fsp3) is 0.147. The number of thioether (sulfide) groups is 1. The van der Waals surface area contributed by atoms with Crippen LogP contribution in [0.5, 0.6) is 0 Å². The van der Waals surface area contributed by atoms with Gasteiger partial charge in [0.25, 0.3) is 11.1 Å². The van der Waals surface area contributed by atoms with Crippen LogP contribution in [-0.2, 0) is 4.79 Å². The lowest BCUT2D eigenvalue weighted by Gasteiger charge is -2.36. The molecule has 0 radical (unpaired) electrons. The average molecular weight is 654 g/mol. The van der Waals surface area contributed by atoms with Crippen LogP contribution in [-0.4, -0.2) is 53.6 Å². The Morgan fingerprint density at radius 2 is 1.42 bits per heavy atom. The van der Waals surface area contributed by atoms with Gasteiger partial charge in [0.05, 0.1) is 11.3 Å². The minimum Gasteiger partial charge on any atom is -0.431 e. The van der Waals surface area contributed by atoms with Gasteiger partial charge in [-0.2, -0.15) is 0 Å². The van der Waals surface area contributed by atoms with E-state index in [-0.39, 0.29) is 17.6 Å². The standard InChI is InChI=1S/C34H29BrN4O3S/c35-29-14-8-7-13-28(29)33(41)39-21-19-38(20-22-39)27-17-15-26(16-18-27)36-30(40)23-43-34-37-31(24-9-3-1-4-10-24)32(42-34)25-11-5-2-6-12-25/h1-18H,19-23H2,(H,36,40). The smallest absolute Gasteiger partial charge is 0.257 e. The molecule has 1 fully saturated rings. The van der Waals surface area contributed by atoms with E-state index in [1.165, 1.54) is 11.8 Å². The van der Waals surface area contributed by atoms with Gasteiger partial charge < -0.3 is 19.5 Å². The lowest BCUT2D eigenvalue weighted by Crippen LogP contribution is -2.48. The second kappa shape index (κ2) is 13.3. The summed E-state index contributed by atoms with van der Waals surface area (Å²) in [7, 11) is 0. The second-order valence-corrected chi connectivity index (χ2v) is 11.8. The second-order valence-electron chi connectivity index (χ2n) is 10.0. The fourth-order valence-corrected chi connectivity index (χ4v) is 6.07. The molecule has 1 aliphatic heterocycles. The largest absolute Gasteiger partial charge is 0.431 e. The Bertz CT molecular complexity index is 1650. The number of hydrogen-bond donors (Lipinski definition) is 1. The quantitative estimate of drug-likeness (QED) is 0.175. The predicted octanol–water partition coefficient (Wildman–Crippen LogP) is 7.46. The lowest BCUT2D eigenvalue weighted by molar-refractivity contribution is -0.113. The summed E-state index contributed by atoms with van der Waals surface area (Å²) in [6.07, 6.45) is 0. The normalized spacial score (nSPS) is 13.1. The molecular formula is C34H29BrN4O3S. The number of anilines is 2. The third-order valence-electron chi connectivity index (χ3n) is 7.20.